The van der Waals surface area contributed by atoms with Gasteiger partial charge in [-0.05, 0) is 66.3 Å². The molecule has 8 heteroatoms. The van der Waals surface area contributed by atoms with Crippen LogP contribution in [0.2, 0.25) is 10.0 Å². The molecule has 4 aromatic rings. The van der Waals surface area contributed by atoms with Crippen molar-refractivity contribution in [3.8, 4) is 0 Å². The third-order valence-corrected chi connectivity index (χ3v) is 4.95. The van der Waals surface area contributed by atoms with Crippen LogP contribution in [0, 0.1) is 0 Å². The van der Waals surface area contributed by atoms with Gasteiger partial charge in [-0.15, -0.1) is 0 Å². The van der Waals surface area contributed by atoms with Gasteiger partial charge >= 0.3 is 0 Å². The van der Waals surface area contributed by atoms with Crippen molar-refractivity contribution in [2.45, 2.75) is 6.42 Å². The zero-order valence-electron chi connectivity index (χ0n) is 15.5. The van der Waals surface area contributed by atoms with Crippen LogP contribution in [0.4, 0.5) is 5.69 Å². The highest BCUT2D eigenvalue weighted by molar-refractivity contribution is 7.80. The molecule has 0 unspecified atom stereocenters. The molecule has 0 aliphatic heterocycles. The van der Waals surface area contributed by atoms with Gasteiger partial charge < -0.3 is 9.73 Å². The maximum atomic E-state index is 12.2. The molecular formula is C22H15Cl2N3O2S. The standard InChI is InChI=1S/C22H15Cl2N3O2S/c23-15-3-1-2-14(11-15)21(28)27-22(30)25-17-7-4-13(5-8-17)10-20-26-18-12-16(24)6-9-19(18)29-20/h1-9,11-12H,10H2,(H2,25,27,28,30). The SMILES string of the molecule is O=C(NC(=S)Nc1ccc(Cc2nc3cc(Cl)ccc3o2)cc1)c1cccc(Cl)c1. The number of amides is 1. The Kier molecular flexibility index (Phi) is 5.99. The first-order valence-corrected chi connectivity index (χ1v) is 10.1. The summed E-state index contributed by atoms with van der Waals surface area (Å²) in [7, 11) is 0. The lowest BCUT2D eigenvalue weighted by atomic mass is 10.1. The lowest BCUT2D eigenvalue weighted by Gasteiger charge is -2.10. The van der Waals surface area contributed by atoms with Crippen LogP contribution in [0.25, 0.3) is 11.1 Å². The van der Waals surface area contributed by atoms with E-state index in [1.165, 1.54) is 0 Å². The summed E-state index contributed by atoms with van der Waals surface area (Å²) in [6, 6.07) is 19.6. The van der Waals surface area contributed by atoms with Gasteiger partial charge in [0.15, 0.2) is 16.6 Å². The number of anilines is 1. The summed E-state index contributed by atoms with van der Waals surface area (Å²) in [5.41, 5.74) is 3.64. The molecule has 0 saturated carbocycles. The Morgan fingerprint density at radius 2 is 1.77 bits per heavy atom. The number of rotatable bonds is 4. The molecule has 0 radical (unpaired) electrons. The van der Waals surface area contributed by atoms with Crippen molar-refractivity contribution in [2.24, 2.45) is 0 Å². The topological polar surface area (TPSA) is 67.2 Å². The first kappa shape index (κ1) is 20.3. The number of nitrogens with zero attached hydrogens (tertiary/aromatic N) is 1. The third kappa shape index (κ3) is 4.97. The van der Waals surface area contributed by atoms with E-state index in [1.807, 2.05) is 24.3 Å². The number of hydrogen-bond donors (Lipinski definition) is 2. The molecule has 0 aliphatic carbocycles. The van der Waals surface area contributed by atoms with Crippen molar-refractivity contribution < 1.29 is 9.21 Å². The van der Waals surface area contributed by atoms with Crippen LogP contribution in [-0.2, 0) is 6.42 Å². The maximum Gasteiger partial charge on any atom is 0.257 e. The van der Waals surface area contributed by atoms with Crippen molar-refractivity contribution in [1.82, 2.24) is 10.3 Å². The molecule has 1 aromatic heterocycles. The molecule has 0 spiro atoms. The Morgan fingerprint density at radius 3 is 2.53 bits per heavy atom. The van der Waals surface area contributed by atoms with Gasteiger partial charge in [0.25, 0.3) is 5.91 Å². The number of benzene rings is 3. The van der Waals surface area contributed by atoms with E-state index in [2.05, 4.69) is 15.6 Å². The quantitative estimate of drug-likeness (QED) is 0.377. The normalized spacial score (nSPS) is 10.7. The second-order valence-electron chi connectivity index (χ2n) is 6.51. The molecule has 2 N–H and O–H groups in total. The Morgan fingerprint density at radius 1 is 1.00 bits per heavy atom. The summed E-state index contributed by atoms with van der Waals surface area (Å²) in [5.74, 6) is 0.278. The van der Waals surface area contributed by atoms with E-state index in [9.17, 15) is 4.79 Å². The van der Waals surface area contributed by atoms with Crippen LogP contribution in [0.1, 0.15) is 21.8 Å². The summed E-state index contributed by atoms with van der Waals surface area (Å²) in [6.45, 7) is 0. The fraction of sp³-hybridized carbons (Fsp3) is 0.0455. The Balaban J connectivity index is 1.36. The summed E-state index contributed by atoms with van der Waals surface area (Å²) in [4.78, 5) is 16.7. The predicted molar refractivity (Wildman–Crippen MR) is 123 cm³/mol. The van der Waals surface area contributed by atoms with E-state index >= 15 is 0 Å². The number of hydrogen-bond acceptors (Lipinski definition) is 4. The van der Waals surface area contributed by atoms with Gasteiger partial charge in [-0.25, -0.2) is 4.98 Å². The molecule has 5 nitrogen and oxygen atoms in total. The zero-order chi connectivity index (χ0) is 21.1. The van der Waals surface area contributed by atoms with E-state index in [1.54, 1.807) is 42.5 Å². The van der Waals surface area contributed by atoms with Gasteiger partial charge in [-0.3, -0.25) is 10.1 Å². The number of oxazole rings is 1. The van der Waals surface area contributed by atoms with Gasteiger partial charge in [0.05, 0.1) is 0 Å². The highest BCUT2D eigenvalue weighted by atomic mass is 35.5. The summed E-state index contributed by atoms with van der Waals surface area (Å²) in [6.07, 6.45) is 0.544. The summed E-state index contributed by atoms with van der Waals surface area (Å²) < 4.78 is 5.75. The molecule has 1 amide bonds. The number of halogens is 2. The van der Waals surface area contributed by atoms with E-state index < -0.39 is 0 Å². The number of carbonyl (C=O) groups excluding carboxylic acids is 1. The van der Waals surface area contributed by atoms with Gasteiger partial charge in [-0.1, -0.05) is 41.4 Å². The number of thiocarbonyl (C=S) groups is 1. The second kappa shape index (κ2) is 8.83. The minimum Gasteiger partial charge on any atom is -0.440 e. The number of aromatic nitrogens is 1. The monoisotopic (exact) mass is 455 g/mol. The molecule has 0 aliphatic rings. The lowest BCUT2D eigenvalue weighted by molar-refractivity contribution is 0.0977. The van der Waals surface area contributed by atoms with Crippen LogP contribution < -0.4 is 10.6 Å². The molecule has 3 aromatic carbocycles. The number of carbonyl (C=O) groups is 1. The Labute approximate surface area is 188 Å². The van der Waals surface area contributed by atoms with Crippen molar-refractivity contribution in [1.29, 1.82) is 0 Å². The van der Waals surface area contributed by atoms with E-state index in [0.29, 0.717) is 33.5 Å². The molecule has 0 atom stereocenters. The number of fused-ring (bicyclic) bond motifs is 1. The molecule has 150 valence electrons. The molecule has 0 bridgehead atoms. The fourth-order valence-corrected chi connectivity index (χ4v) is 3.44. The average molecular weight is 456 g/mol. The fourth-order valence-electron chi connectivity index (χ4n) is 2.87. The maximum absolute atomic E-state index is 12.2. The van der Waals surface area contributed by atoms with Gasteiger partial charge in [0.2, 0.25) is 0 Å². The molecule has 0 fully saturated rings. The highest BCUT2D eigenvalue weighted by Gasteiger charge is 2.10. The molecular weight excluding hydrogens is 441 g/mol. The third-order valence-electron chi connectivity index (χ3n) is 4.27. The van der Waals surface area contributed by atoms with Crippen LogP contribution in [0.3, 0.4) is 0 Å². The summed E-state index contributed by atoms with van der Waals surface area (Å²) in [5, 5.41) is 6.93. The van der Waals surface area contributed by atoms with Crippen LogP contribution in [0.15, 0.2) is 71.1 Å². The van der Waals surface area contributed by atoms with Crippen molar-refractivity contribution in [2.75, 3.05) is 5.32 Å². The highest BCUT2D eigenvalue weighted by Crippen LogP contribution is 2.22. The van der Waals surface area contributed by atoms with Crippen molar-refractivity contribution in [3.05, 3.63) is 93.8 Å². The van der Waals surface area contributed by atoms with E-state index in [4.69, 9.17) is 39.8 Å². The minimum atomic E-state index is -0.331. The number of nitrogens with one attached hydrogen (secondary N) is 2. The van der Waals surface area contributed by atoms with Gasteiger partial charge in [0.1, 0.15) is 5.52 Å². The van der Waals surface area contributed by atoms with E-state index in [0.717, 1.165) is 16.8 Å². The molecule has 30 heavy (non-hydrogen) atoms. The molecule has 1 heterocycles. The molecule has 4 rings (SSSR count). The second-order valence-corrected chi connectivity index (χ2v) is 7.79. The largest absolute Gasteiger partial charge is 0.440 e. The van der Waals surface area contributed by atoms with Crippen LogP contribution >= 0.6 is 35.4 Å². The minimum absolute atomic E-state index is 0.198. The van der Waals surface area contributed by atoms with Crippen molar-refractivity contribution >= 4 is 63.2 Å². The average Bonchev–Trinajstić information content (AvgIpc) is 3.10. The van der Waals surface area contributed by atoms with Crippen LogP contribution in [0.5, 0.6) is 0 Å². The summed E-state index contributed by atoms with van der Waals surface area (Å²) >= 11 is 17.1. The zero-order valence-corrected chi connectivity index (χ0v) is 17.8. The molecule has 0 saturated heterocycles. The Hall–Kier alpha value is -2.93. The smallest absolute Gasteiger partial charge is 0.257 e. The van der Waals surface area contributed by atoms with Crippen molar-refractivity contribution in [3.63, 3.8) is 0 Å². The first-order valence-electron chi connectivity index (χ1n) is 8.98. The predicted octanol–water partition coefficient (Wildman–Crippen LogP) is 5.85. The first-order chi connectivity index (χ1) is 14.5. The lowest BCUT2D eigenvalue weighted by Crippen LogP contribution is -2.34. The van der Waals surface area contributed by atoms with Gasteiger partial charge in [0, 0.05) is 27.7 Å². The Bertz CT molecular complexity index is 1240. The van der Waals surface area contributed by atoms with E-state index in [-0.39, 0.29) is 11.0 Å². The van der Waals surface area contributed by atoms with Gasteiger partial charge in [-0.2, -0.15) is 0 Å². The van der Waals surface area contributed by atoms with Crippen LogP contribution in [-0.4, -0.2) is 16.0 Å².